The summed E-state index contributed by atoms with van der Waals surface area (Å²) in [6.07, 6.45) is 0. The lowest BCUT2D eigenvalue weighted by Crippen LogP contribution is -2.55. The minimum absolute atomic E-state index is 0.0342. The molecule has 0 fully saturated rings. The Morgan fingerprint density at radius 1 is 1.00 bits per heavy atom. The molecule has 0 saturated heterocycles. The lowest BCUT2D eigenvalue weighted by molar-refractivity contribution is -0.160. The zero-order valence-electron chi connectivity index (χ0n) is 20.8. The zero-order chi connectivity index (χ0) is 24.6. The molecule has 0 aliphatic carbocycles. The number of hydrogen-bond donors (Lipinski definition) is 3. The van der Waals surface area contributed by atoms with E-state index < -0.39 is 23.7 Å². The Morgan fingerprint density at radius 2 is 1.59 bits per heavy atom. The normalized spacial score (nSPS) is 14.6. The minimum atomic E-state index is -0.741. The SMILES string of the molecule is COc1ccc([C@H](CS)N[C@H](C(=O)N[C@H](C(=O)OC(C)(C)C)C(C)C)C(C)C)c(OC)c1. The van der Waals surface area contributed by atoms with Crippen LogP contribution in [-0.4, -0.2) is 49.5 Å². The summed E-state index contributed by atoms with van der Waals surface area (Å²) in [5, 5.41) is 6.30. The van der Waals surface area contributed by atoms with E-state index in [1.54, 1.807) is 20.3 Å². The maximum absolute atomic E-state index is 13.2. The molecule has 2 N–H and O–H groups in total. The summed E-state index contributed by atoms with van der Waals surface area (Å²) >= 11 is 4.50. The number of esters is 1. The number of carbonyl (C=O) groups is 2. The number of methoxy groups -OCH3 is 2. The molecule has 0 bridgehead atoms. The van der Waals surface area contributed by atoms with Crippen molar-refractivity contribution in [2.75, 3.05) is 20.0 Å². The molecule has 0 aliphatic heterocycles. The van der Waals surface area contributed by atoms with E-state index in [1.807, 2.05) is 60.6 Å². The van der Waals surface area contributed by atoms with Gasteiger partial charge in [-0.05, 0) is 38.7 Å². The molecule has 32 heavy (non-hydrogen) atoms. The van der Waals surface area contributed by atoms with Crippen LogP contribution in [-0.2, 0) is 14.3 Å². The fourth-order valence-corrected chi connectivity index (χ4v) is 3.54. The van der Waals surface area contributed by atoms with Crippen molar-refractivity contribution in [3.63, 3.8) is 0 Å². The van der Waals surface area contributed by atoms with Gasteiger partial charge in [-0.1, -0.05) is 33.8 Å². The molecule has 1 aromatic carbocycles. The molecular weight excluding hydrogens is 428 g/mol. The highest BCUT2D eigenvalue weighted by molar-refractivity contribution is 7.80. The average Bonchev–Trinajstić information content (AvgIpc) is 2.70. The van der Waals surface area contributed by atoms with E-state index in [0.717, 1.165) is 5.56 Å². The Balaban J connectivity index is 3.11. The molecule has 3 atom stereocenters. The summed E-state index contributed by atoms with van der Waals surface area (Å²) in [6.45, 7) is 13.1. The van der Waals surface area contributed by atoms with Crippen LogP contribution in [0.25, 0.3) is 0 Å². The summed E-state index contributed by atoms with van der Waals surface area (Å²) in [4.78, 5) is 25.9. The number of thiol groups is 1. The van der Waals surface area contributed by atoms with Crippen LogP contribution < -0.4 is 20.1 Å². The van der Waals surface area contributed by atoms with Crippen molar-refractivity contribution in [1.29, 1.82) is 0 Å². The van der Waals surface area contributed by atoms with Crippen molar-refractivity contribution >= 4 is 24.5 Å². The van der Waals surface area contributed by atoms with Crippen LogP contribution in [0.1, 0.15) is 60.1 Å². The quantitative estimate of drug-likeness (QED) is 0.339. The standard InChI is InChI=1S/C24H40N2O5S/c1-14(2)20(22(27)26-21(15(3)4)23(28)31-24(5,6)7)25-18(13-32)17-11-10-16(29-8)12-19(17)30-9/h10-12,14-15,18,20-21,25,32H,13H2,1-9H3,(H,26,27)/t18-,20-,21-/m0/s1. The Morgan fingerprint density at radius 3 is 2.03 bits per heavy atom. The lowest BCUT2D eigenvalue weighted by Gasteiger charge is -2.31. The lowest BCUT2D eigenvalue weighted by atomic mass is 9.98. The number of ether oxygens (including phenoxy) is 3. The van der Waals surface area contributed by atoms with Crippen molar-refractivity contribution in [3.05, 3.63) is 23.8 Å². The number of nitrogens with one attached hydrogen (secondary N) is 2. The third kappa shape index (κ3) is 8.20. The molecule has 1 amide bonds. The highest BCUT2D eigenvalue weighted by Gasteiger charge is 2.33. The average molecular weight is 469 g/mol. The van der Waals surface area contributed by atoms with E-state index in [-0.39, 0.29) is 23.8 Å². The molecular formula is C24H40N2O5S. The molecule has 7 nitrogen and oxygen atoms in total. The first-order valence-corrected chi connectivity index (χ1v) is 11.6. The molecule has 8 heteroatoms. The Kier molecular flexibility index (Phi) is 10.8. The van der Waals surface area contributed by atoms with Gasteiger partial charge in [-0.2, -0.15) is 12.6 Å². The second kappa shape index (κ2) is 12.3. The van der Waals surface area contributed by atoms with Gasteiger partial charge < -0.3 is 19.5 Å². The molecule has 1 aromatic rings. The van der Waals surface area contributed by atoms with Gasteiger partial charge in [0.15, 0.2) is 0 Å². The van der Waals surface area contributed by atoms with Gasteiger partial charge in [-0.3, -0.25) is 10.1 Å². The second-order valence-electron chi connectivity index (χ2n) is 9.50. The summed E-state index contributed by atoms with van der Waals surface area (Å²) in [5.41, 5.74) is 0.237. The van der Waals surface area contributed by atoms with Gasteiger partial charge in [-0.15, -0.1) is 0 Å². The van der Waals surface area contributed by atoms with Crippen LogP contribution in [0, 0.1) is 11.8 Å². The molecule has 1 rings (SSSR count). The third-order valence-corrected chi connectivity index (χ3v) is 5.32. The minimum Gasteiger partial charge on any atom is -0.497 e. The van der Waals surface area contributed by atoms with Gasteiger partial charge in [-0.25, -0.2) is 4.79 Å². The van der Waals surface area contributed by atoms with Gasteiger partial charge in [0.25, 0.3) is 0 Å². The summed E-state index contributed by atoms with van der Waals surface area (Å²) in [5.74, 6) is 0.914. The highest BCUT2D eigenvalue weighted by atomic mass is 32.1. The van der Waals surface area contributed by atoms with Crippen LogP contribution in [0.5, 0.6) is 11.5 Å². The van der Waals surface area contributed by atoms with Crippen molar-refractivity contribution in [2.45, 2.75) is 72.2 Å². The van der Waals surface area contributed by atoms with E-state index in [1.165, 1.54) is 0 Å². The fourth-order valence-electron chi connectivity index (χ4n) is 3.24. The van der Waals surface area contributed by atoms with Crippen molar-refractivity contribution in [1.82, 2.24) is 10.6 Å². The number of hydrogen-bond acceptors (Lipinski definition) is 7. The number of amides is 1. The van der Waals surface area contributed by atoms with E-state index >= 15 is 0 Å². The van der Waals surface area contributed by atoms with E-state index in [4.69, 9.17) is 14.2 Å². The maximum atomic E-state index is 13.2. The van der Waals surface area contributed by atoms with Gasteiger partial charge >= 0.3 is 5.97 Å². The molecule has 0 aliphatic rings. The van der Waals surface area contributed by atoms with E-state index in [0.29, 0.717) is 17.3 Å². The summed E-state index contributed by atoms with van der Waals surface area (Å²) in [7, 11) is 3.19. The Labute approximate surface area is 198 Å². The van der Waals surface area contributed by atoms with Crippen molar-refractivity contribution in [2.24, 2.45) is 11.8 Å². The molecule has 0 aromatic heterocycles. The van der Waals surface area contributed by atoms with Crippen LogP contribution in [0.2, 0.25) is 0 Å². The smallest absolute Gasteiger partial charge is 0.329 e. The predicted octanol–water partition coefficient (Wildman–Crippen LogP) is 3.77. The molecule has 0 saturated carbocycles. The van der Waals surface area contributed by atoms with Crippen LogP contribution in [0.4, 0.5) is 0 Å². The van der Waals surface area contributed by atoms with Crippen LogP contribution in [0.3, 0.4) is 0 Å². The maximum Gasteiger partial charge on any atom is 0.329 e. The fraction of sp³-hybridized carbons (Fsp3) is 0.667. The van der Waals surface area contributed by atoms with Crippen LogP contribution in [0.15, 0.2) is 18.2 Å². The summed E-state index contributed by atoms with van der Waals surface area (Å²) < 4.78 is 16.3. The largest absolute Gasteiger partial charge is 0.497 e. The van der Waals surface area contributed by atoms with E-state index in [2.05, 4.69) is 23.3 Å². The second-order valence-corrected chi connectivity index (χ2v) is 9.86. The first kappa shape index (κ1) is 28.1. The van der Waals surface area contributed by atoms with Crippen molar-refractivity contribution in [3.8, 4) is 11.5 Å². The molecule has 0 spiro atoms. The molecule has 0 heterocycles. The Hall–Kier alpha value is -1.93. The highest BCUT2D eigenvalue weighted by Crippen LogP contribution is 2.31. The van der Waals surface area contributed by atoms with Gasteiger partial charge in [0, 0.05) is 23.4 Å². The first-order chi connectivity index (χ1) is 14.8. The number of carbonyl (C=O) groups excluding carboxylic acids is 2. The third-order valence-electron chi connectivity index (χ3n) is 4.95. The Bertz CT molecular complexity index is 761. The number of benzene rings is 1. The van der Waals surface area contributed by atoms with Gasteiger partial charge in [0.05, 0.1) is 20.3 Å². The monoisotopic (exact) mass is 468 g/mol. The van der Waals surface area contributed by atoms with Crippen LogP contribution >= 0.6 is 12.6 Å². The molecule has 182 valence electrons. The number of rotatable bonds is 11. The van der Waals surface area contributed by atoms with E-state index in [9.17, 15) is 9.59 Å². The van der Waals surface area contributed by atoms with Gasteiger partial charge in [0.2, 0.25) is 5.91 Å². The topological polar surface area (TPSA) is 85.9 Å². The predicted molar refractivity (Wildman–Crippen MR) is 131 cm³/mol. The molecule has 0 unspecified atom stereocenters. The summed E-state index contributed by atoms with van der Waals surface area (Å²) in [6, 6.07) is 4.00. The van der Waals surface area contributed by atoms with Crippen molar-refractivity contribution < 1.29 is 23.8 Å². The first-order valence-electron chi connectivity index (χ1n) is 11.0. The van der Waals surface area contributed by atoms with Gasteiger partial charge in [0.1, 0.15) is 23.1 Å². The zero-order valence-corrected chi connectivity index (χ0v) is 21.7. The molecule has 0 radical (unpaired) electrons.